The molecule has 0 atom stereocenters. The number of amides is 1. The number of aromatic amines is 1. The number of carbonyl (C=O) groups excluding carboxylic acids is 1. The number of nitrogens with one attached hydrogen (secondary N) is 2. The van der Waals surface area contributed by atoms with Crippen molar-refractivity contribution in [2.24, 2.45) is 0 Å². The molecule has 2 aromatic carbocycles. The first-order chi connectivity index (χ1) is 18.2. The van der Waals surface area contributed by atoms with E-state index in [4.69, 9.17) is 15.7 Å². The fourth-order valence-corrected chi connectivity index (χ4v) is 4.29. The number of pyridine rings is 2. The molecule has 4 heterocycles. The first-order valence-electron chi connectivity index (χ1n) is 11.8. The van der Waals surface area contributed by atoms with Crippen molar-refractivity contribution in [3.63, 3.8) is 0 Å². The minimum absolute atomic E-state index is 0.109. The van der Waals surface area contributed by atoms with Crippen molar-refractivity contribution in [1.82, 2.24) is 29.8 Å². The van der Waals surface area contributed by atoms with Crippen molar-refractivity contribution in [1.29, 1.82) is 0 Å². The predicted molar refractivity (Wildman–Crippen MR) is 144 cm³/mol. The zero-order chi connectivity index (χ0) is 25.2. The molecular formula is C29H23N7O. The summed E-state index contributed by atoms with van der Waals surface area (Å²) in [6, 6.07) is 24.9. The maximum absolute atomic E-state index is 12.4. The Balaban J connectivity index is 1.37. The van der Waals surface area contributed by atoms with Gasteiger partial charge in [-0.2, -0.15) is 0 Å². The standard InChI is InChI=1S/C29H23N7O/c30-26-24(7-4-13-32-26)27-35-25-15-22(21-12-14-31-17-21)18-33-28(25)36(27)23-10-8-19(9-11-23)16-34-29(37)20-5-2-1-3-6-20/h1-15,17-18,31H,16H2,(H2,30,32)(H,34,37). The maximum atomic E-state index is 12.4. The van der Waals surface area contributed by atoms with Crippen LogP contribution in [0.25, 0.3) is 39.4 Å². The Labute approximate surface area is 212 Å². The Hall–Kier alpha value is -5.24. The van der Waals surface area contributed by atoms with Gasteiger partial charge >= 0.3 is 0 Å². The van der Waals surface area contributed by atoms with E-state index in [2.05, 4.69) is 15.3 Å². The first-order valence-corrected chi connectivity index (χ1v) is 11.8. The van der Waals surface area contributed by atoms with Gasteiger partial charge in [0.15, 0.2) is 11.5 Å². The summed E-state index contributed by atoms with van der Waals surface area (Å²) in [4.78, 5) is 29.4. The van der Waals surface area contributed by atoms with Crippen LogP contribution >= 0.6 is 0 Å². The first kappa shape index (κ1) is 22.2. The highest BCUT2D eigenvalue weighted by Crippen LogP contribution is 2.32. The highest BCUT2D eigenvalue weighted by atomic mass is 16.1. The average molecular weight is 486 g/mol. The number of rotatable bonds is 6. The Morgan fingerprint density at radius 1 is 0.946 bits per heavy atom. The van der Waals surface area contributed by atoms with Gasteiger partial charge in [0.25, 0.3) is 5.91 Å². The summed E-state index contributed by atoms with van der Waals surface area (Å²) in [6.45, 7) is 0.416. The number of H-pyrrole nitrogens is 1. The lowest BCUT2D eigenvalue weighted by molar-refractivity contribution is 0.0951. The van der Waals surface area contributed by atoms with Gasteiger partial charge in [0.05, 0.1) is 5.56 Å². The van der Waals surface area contributed by atoms with Crippen molar-refractivity contribution >= 4 is 22.9 Å². The van der Waals surface area contributed by atoms with Crippen LogP contribution in [0.15, 0.2) is 104 Å². The number of nitrogens with two attached hydrogens (primary N) is 1. The average Bonchev–Trinajstić information content (AvgIpc) is 3.61. The van der Waals surface area contributed by atoms with E-state index in [0.717, 1.165) is 33.5 Å². The minimum Gasteiger partial charge on any atom is -0.383 e. The van der Waals surface area contributed by atoms with Crippen LogP contribution in [-0.4, -0.2) is 30.4 Å². The molecule has 0 aliphatic rings. The van der Waals surface area contributed by atoms with E-state index in [1.54, 1.807) is 18.3 Å². The SMILES string of the molecule is Nc1ncccc1-c1nc2cc(-c3cc[nH]c3)cnc2n1-c1ccc(CNC(=O)c2ccccc2)cc1. The van der Waals surface area contributed by atoms with E-state index in [1.165, 1.54) is 0 Å². The van der Waals surface area contributed by atoms with Gasteiger partial charge in [-0.1, -0.05) is 30.3 Å². The smallest absolute Gasteiger partial charge is 0.251 e. The molecule has 0 unspecified atom stereocenters. The van der Waals surface area contributed by atoms with Gasteiger partial charge in [0, 0.05) is 53.7 Å². The molecule has 4 aromatic heterocycles. The molecule has 8 nitrogen and oxygen atoms in total. The van der Waals surface area contributed by atoms with Crippen molar-refractivity contribution < 1.29 is 4.79 Å². The van der Waals surface area contributed by atoms with E-state index in [-0.39, 0.29) is 5.91 Å². The number of fused-ring (bicyclic) bond motifs is 1. The fraction of sp³-hybridized carbons (Fsp3) is 0.0345. The Morgan fingerprint density at radius 3 is 2.54 bits per heavy atom. The van der Waals surface area contributed by atoms with Crippen molar-refractivity contribution in [3.8, 4) is 28.2 Å². The summed E-state index contributed by atoms with van der Waals surface area (Å²) in [5.74, 6) is 0.941. The summed E-state index contributed by atoms with van der Waals surface area (Å²) >= 11 is 0. The summed E-state index contributed by atoms with van der Waals surface area (Å²) in [5.41, 5.74) is 12.9. The topological polar surface area (TPSA) is 115 Å². The molecule has 0 radical (unpaired) electrons. The van der Waals surface area contributed by atoms with Gasteiger partial charge in [0.2, 0.25) is 0 Å². The van der Waals surface area contributed by atoms with E-state index < -0.39 is 0 Å². The van der Waals surface area contributed by atoms with Crippen LogP contribution in [0.4, 0.5) is 5.82 Å². The monoisotopic (exact) mass is 485 g/mol. The summed E-state index contributed by atoms with van der Waals surface area (Å²) < 4.78 is 1.98. The highest BCUT2D eigenvalue weighted by Gasteiger charge is 2.18. The van der Waals surface area contributed by atoms with Crippen LogP contribution in [0.3, 0.4) is 0 Å². The van der Waals surface area contributed by atoms with Crippen molar-refractivity contribution in [2.75, 3.05) is 5.73 Å². The third kappa shape index (κ3) is 4.32. The van der Waals surface area contributed by atoms with Gasteiger partial charge in [-0.15, -0.1) is 0 Å². The summed E-state index contributed by atoms with van der Waals surface area (Å²) in [5, 5.41) is 2.97. The van der Waals surface area contributed by atoms with Crippen LogP contribution in [0.5, 0.6) is 0 Å². The Kier molecular flexibility index (Phi) is 5.67. The molecule has 0 fully saturated rings. The molecule has 0 aliphatic heterocycles. The van der Waals surface area contributed by atoms with Crippen LogP contribution in [0.1, 0.15) is 15.9 Å². The molecule has 1 amide bonds. The molecule has 8 heteroatoms. The third-order valence-electron chi connectivity index (χ3n) is 6.19. The lowest BCUT2D eigenvalue weighted by Gasteiger charge is -2.11. The minimum atomic E-state index is -0.109. The largest absolute Gasteiger partial charge is 0.383 e. The normalized spacial score (nSPS) is 11.0. The number of nitrogens with zero attached hydrogens (tertiary/aromatic N) is 4. The van der Waals surface area contributed by atoms with Crippen LogP contribution in [0.2, 0.25) is 0 Å². The van der Waals surface area contributed by atoms with E-state index in [9.17, 15) is 4.79 Å². The second-order valence-corrected chi connectivity index (χ2v) is 8.59. The molecule has 37 heavy (non-hydrogen) atoms. The maximum Gasteiger partial charge on any atom is 0.251 e. The molecular weight excluding hydrogens is 462 g/mol. The highest BCUT2D eigenvalue weighted by molar-refractivity contribution is 5.94. The Bertz CT molecular complexity index is 1690. The molecule has 0 spiro atoms. The Morgan fingerprint density at radius 2 is 1.78 bits per heavy atom. The molecule has 4 N–H and O–H groups in total. The number of aromatic nitrogens is 5. The summed E-state index contributed by atoms with van der Waals surface area (Å²) in [6.07, 6.45) is 7.30. The third-order valence-corrected chi connectivity index (χ3v) is 6.19. The van der Waals surface area contributed by atoms with Crippen molar-refractivity contribution in [3.05, 3.63) is 115 Å². The van der Waals surface area contributed by atoms with Gasteiger partial charge in [0.1, 0.15) is 11.3 Å². The second kappa shape index (κ2) is 9.43. The molecule has 0 bridgehead atoms. The van der Waals surface area contributed by atoms with E-state index in [1.807, 2.05) is 89.9 Å². The molecule has 6 rings (SSSR count). The number of hydrogen-bond donors (Lipinski definition) is 3. The quantitative estimate of drug-likeness (QED) is 0.307. The number of carbonyl (C=O) groups is 1. The van der Waals surface area contributed by atoms with Crippen LogP contribution in [0, 0.1) is 0 Å². The van der Waals surface area contributed by atoms with Crippen LogP contribution < -0.4 is 11.1 Å². The number of nitrogen functional groups attached to an aromatic ring is 1. The number of hydrogen-bond acceptors (Lipinski definition) is 5. The zero-order valence-electron chi connectivity index (χ0n) is 19.8. The second-order valence-electron chi connectivity index (χ2n) is 8.59. The number of imidazole rings is 1. The van der Waals surface area contributed by atoms with Crippen LogP contribution in [-0.2, 0) is 6.54 Å². The van der Waals surface area contributed by atoms with Gasteiger partial charge in [-0.3, -0.25) is 9.36 Å². The molecule has 0 saturated carbocycles. The molecule has 180 valence electrons. The number of benzene rings is 2. The fourth-order valence-electron chi connectivity index (χ4n) is 4.29. The van der Waals surface area contributed by atoms with E-state index in [0.29, 0.717) is 29.4 Å². The number of anilines is 1. The van der Waals surface area contributed by atoms with Gasteiger partial charge < -0.3 is 16.0 Å². The van der Waals surface area contributed by atoms with Crippen molar-refractivity contribution in [2.45, 2.75) is 6.54 Å². The van der Waals surface area contributed by atoms with Gasteiger partial charge in [-0.05, 0) is 54.1 Å². The predicted octanol–water partition coefficient (Wildman–Crippen LogP) is 4.99. The molecule has 0 aliphatic carbocycles. The lowest BCUT2D eigenvalue weighted by atomic mass is 10.1. The molecule has 6 aromatic rings. The zero-order valence-corrected chi connectivity index (χ0v) is 19.8. The van der Waals surface area contributed by atoms with Gasteiger partial charge in [-0.25, -0.2) is 15.0 Å². The van der Waals surface area contributed by atoms with E-state index >= 15 is 0 Å². The lowest BCUT2D eigenvalue weighted by Crippen LogP contribution is -2.22. The summed E-state index contributed by atoms with van der Waals surface area (Å²) in [7, 11) is 0. The molecule has 0 saturated heterocycles.